The van der Waals surface area contributed by atoms with Gasteiger partial charge >= 0.3 is 0 Å². The van der Waals surface area contributed by atoms with Crippen molar-refractivity contribution in [3.8, 4) is 10.6 Å². The van der Waals surface area contributed by atoms with Gasteiger partial charge in [-0.15, -0.1) is 11.3 Å². The van der Waals surface area contributed by atoms with Gasteiger partial charge in [-0.2, -0.15) is 5.10 Å². The largest absolute Gasteiger partial charge is 0.394 e. The molecule has 1 atom stereocenters. The molecule has 0 spiro atoms. The summed E-state index contributed by atoms with van der Waals surface area (Å²) in [7, 11) is 0. The van der Waals surface area contributed by atoms with Crippen LogP contribution >= 0.6 is 11.3 Å². The number of aryl methyl sites for hydroxylation is 1. The lowest BCUT2D eigenvalue weighted by Crippen LogP contribution is -2.34. The van der Waals surface area contributed by atoms with Gasteiger partial charge in [-0.05, 0) is 44.2 Å². The normalized spacial score (nSPS) is 12.0. The predicted octanol–water partition coefficient (Wildman–Crippen LogP) is 3.20. The number of aromatic nitrogens is 2. The fourth-order valence-electron chi connectivity index (χ4n) is 2.40. The molecule has 0 radical (unpaired) electrons. The van der Waals surface area contributed by atoms with E-state index in [1.807, 2.05) is 19.1 Å². The van der Waals surface area contributed by atoms with Crippen molar-refractivity contribution in [1.82, 2.24) is 9.78 Å². The second-order valence-electron chi connectivity index (χ2n) is 5.79. The summed E-state index contributed by atoms with van der Waals surface area (Å²) in [5, 5.41) is 6.75. The molecule has 6 nitrogen and oxygen atoms in total. The van der Waals surface area contributed by atoms with Gasteiger partial charge in [0.25, 0.3) is 5.56 Å². The number of benzene rings is 1. The van der Waals surface area contributed by atoms with E-state index in [1.54, 1.807) is 6.07 Å². The van der Waals surface area contributed by atoms with Crippen LogP contribution in [0.3, 0.4) is 0 Å². The Morgan fingerprint density at radius 2 is 2.04 bits per heavy atom. The molecule has 0 aliphatic rings. The SMILES string of the molecule is Cc1ccc(-c2cc(N)c(=O)n(C(C)C(=O)Nc3ccccc3F)n2)s1. The Morgan fingerprint density at radius 3 is 2.69 bits per heavy atom. The highest BCUT2D eigenvalue weighted by Gasteiger charge is 2.21. The molecule has 3 rings (SSSR count). The number of hydrogen-bond acceptors (Lipinski definition) is 5. The summed E-state index contributed by atoms with van der Waals surface area (Å²) >= 11 is 1.51. The first kappa shape index (κ1) is 17.8. The third-order valence-corrected chi connectivity index (χ3v) is 4.86. The van der Waals surface area contributed by atoms with Crippen LogP contribution in [0.5, 0.6) is 0 Å². The summed E-state index contributed by atoms with van der Waals surface area (Å²) in [5.41, 5.74) is 5.78. The van der Waals surface area contributed by atoms with Gasteiger partial charge in [0.2, 0.25) is 5.91 Å². The van der Waals surface area contributed by atoms with E-state index in [2.05, 4.69) is 10.4 Å². The molecule has 8 heteroatoms. The number of amides is 1. The first-order valence-electron chi connectivity index (χ1n) is 7.88. The van der Waals surface area contributed by atoms with Gasteiger partial charge in [0, 0.05) is 4.88 Å². The monoisotopic (exact) mass is 372 g/mol. The summed E-state index contributed by atoms with van der Waals surface area (Å²) in [6.45, 7) is 3.46. The van der Waals surface area contributed by atoms with Crippen LogP contribution in [-0.4, -0.2) is 15.7 Å². The lowest BCUT2D eigenvalue weighted by molar-refractivity contribution is -0.119. The van der Waals surface area contributed by atoms with Crippen LogP contribution in [0, 0.1) is 12.7 Å². The molecule has 0 saturated heterocycles. The van der Waals surface area contributed by atoms with Gasteiger partial charge in [-0.3, -0.25) is 9.59 Å². The molecule has 3 aromatic rings. The van der Waals surface area contributed by atoms with Gasteiger partial charge in [-0.1, -0.05) is 12.1 Å². The highest BCUT2D eigenvalue weighted by molar-refractivity contribution is 7.15. The van der Waals surface area contributed by atoms with Crippen molar-refractivity contribution in [3.05, 3.63) is 63.5 Å². The quantitative estimate of drug-likeness (QED) is 0.736. The zero-order valence-electron chi connectivity index (χ0n) is 14.2. The van der Waals surface area contributed by atoms with E-state index in [1.165, 1.54) is 42.5 Å². The van der Waals surface area contributed by atoms with Crippen molar-refractivity contribution in [2.45, 2.75) is 19.9 Å². The number of hydrogen-bond donors (Lipinski definition) is 2. The Labute approximate surface area is 153 Å². The zero-order chi connectivity index (χ0) is 18.8. The molecule has 134 valence electrons. The van der Waals surface area contributed by atoms with Crippen molar-refractivity contribution in [1.29, 1.82) is 0 Å². The lowest BCUT2D eigenvalue weighted by atomic mass is 10.2. The summed E-state index contributed by atoms with van der Waals surface area (Å²) in [6, 6.07) is 10.1. The number of nitrogens with one attached hydrogen (secondary N) is 1. The number of nitrogens with two attached hydrogens (primary N) is 1. The van der Waals surface area contributed by atoms with Crippen molar-refractivity contribution in [3.63, 3.8) is 0 Å². The number of nitrogens with zero attached hydrogens (tertiary/aromatic N) is 2. The first-order valence-corrected chi connectivity index (χ1v) is 8.70. The molecule has 0 saturated carbocycles. The smallest absolute Gasteiger partial charge is 0.290 e. The van der Waals surface area contributed by atoms with Crippen LogP contribution in [-0.2, 0) is 4.79 Å². The highest BCUT2D eigenvalue weighted by Crippen LogP contribution is 2.26. The molecule has 1 unspecified atom stereocenters. The molecule has 0 bridgehead atoms. The fraction of sp³-hybridized carbons (Fsp3) is 0.167. The van der Waals surface area contributed by atoms with E-state index in [0.717, 1.165) is 14.4 Å². The Bertz CT molecular complexity index is 1030. The molecule has 0 aliphatic heterocycles. The summed E-state index contributed by atoms with van der Waals surface area (Å²) in [6.07, 6.45) is 0. The fourth-order valence-corrected chi connectivity index (χ4v) is 3.22. The van der Waals surface area contributed by atoms with E-state index in [9.17, 15) is 14.0 Å². The molecule has 0 aliphatic carbocycles. The van der Waals surface area contributed by atoms with Gasteiger partial charge < -0.3 is 11.1 Å². The number of halogens is 1. The number of para-hydroxylation sites is 1. The zero-order valence-corrected chi connectivity index (χ0v) is 15.0. The number of carbonyl (C=O) groups is 1. The van der Waals surface area contributed by atoms with E-state index in [0.29, 0.717) is 5.69 Å². The van der Waals surface area contributed by atoms with Crippen molar-refractivity contribution >= 4 is 28.6 Å². The van der Waals surface area contributed by atoms with Gasteiger partial charge in [0.15, 0.2) is 0 Å². The number of anilines is 2. The lowest BCUT2D eigenvalue weighted by Gasteiger charge is -2.16. The van der Waals surface area contributed by atoms with Crippen molar-refractivity contribution < 1.29 is 9.18 Å². The molecule has 2 heterocycles. The van der Waals surface area contributed by atoms with Crippen LogP contribution in [0.2, 0.25) is 0 Å². The average molecular weight is 372 g/mol. The van der Waals surface area contributed by atoms with Crippen molar-refractivity contribution in [2.75, 3.05) is 11.1 Å². The van der Waals surface area contributed by atoms with Crippen LogP contribution < -0.4 is 16.6 Å². The van der Waals surface area contributed by atoms with Crippen molar-refractivity contribution in [2.24, 2.45) is 0 Å². The Morgan fingerprint density at radius 1 is 1.31 bits per heavy atom. The standard InChI is InChI=1S/C18H17FN4O2S/c1-10-7-8-16(26-10)15-9-13(20)18(25)23(22-15)11(2)17(24)21-14-6-4-3-5-12(14)19/h3-9,11H,20H2,1-2H3,(H,21,24). The van der Waals surface area contributed by atoms with Gasteiger partial charge in [-0.25, -0.2) is 9.07 Å². The maximum Gasteiger partial charge on any atom is 0.290 e. The third-order valence-electron chi connectivity index (χ3n) is 3.83. The third kappa shape index (κ3) is 3.50. The average Bonchev–Trinajstić information content (AvgIpc) is 3.05. The number of carbonyl (C=O) groups excluding carboxylic acids is 1. The Balaban J connectivity index is 1.94. The molecule has 0 fully saturated rings. The Hall–Kier alpha value is -3.00. The number of thiophene rings is 1. The Kier molecular flexibility index (Phi) is 4.85. The molecule has 3 N–H and O–H groups in total. The molecular formula is C18H17FN4O2S. The highest BCUT2D eigenvalue weighted by atomic mass is 32.1. The second kappa shape index (κ2) is 7.09. The van der Waals surface area contributed by atoms with Crippen LogP contribution in [0.25, 0.3) is 10.6 Å². The number of nitrogen functional groups attached to an aromatic ring is 1. The number of rotatable bonds is 4. The second-order valence-corrected chi connectivity index (χ2v) is 7.08. The van der Waals surface area contributed by atoms with Crippen LogP contribution in [0.4, 0.5) is 15.8 Å². The van der Waals surface area contributed by atoms with Gasteiger partial charge in [0.05, 0.1) is 10.6 Å². The minimum atomic E-state index is -0.967. The van der Waals surface area contributed by atoms with Crippen LogP contribution in [0.1, 0.15) is 17.8 Å². The maximum absolute atomic E-state index is 13.7. The van der Waals surface area contributed by atoms with E-state index >= 15 is 0 Å². The molecule has 1 amide bonds. The molecule has 2 aromatic heterocycles. The molecule has 26 heavy (non-hydrogen) atoms. The summed E-state index contributed by atoms with van der Waals surface area (Å²) in [5.74, 6) is -1.13. The predicted molar refractivity (Wildman–Crippen MR) is 101 cm³/mol. The topological polar surface area (TPSA) is 90.0 Å². The minimum absolute atomic E-state index is 0.00778. The van der Waals surface area contributed by atoms with E-state index in [-0.39, 0.29) is 11.4 Å². The summed E-state index contributed by atoms with van der Waals surface area (Å²) in [4.78, 5) is 26.7. The molecule has 1 aromatic carbocycles. The van der Waals surface area contributed by atoms with E-state index < -0.39 is 23.3 Å². The maximum atomic E-state index is 13.7. The van der Waals surface area contributed by atoms with E-state index in [4.69, 9.17) is 5.73 Å². The summed E-state index contributed by atoms with van der Waals surface area (Å²) < 4.78 is 14.8. The minimum Gasteiger partial charge on any atom is -0.394 e. The molecular weight excluding hydrogens is 355 g/mol. The first-order chi connectivity index (χ1) is 12.4. The van der Waals surface area contributed by atoms with Crippen LogP contribution in [0.15, 0.2) is 47.3 Å². The van der Waals surface area contributed by atoms with Gasteiger partial charge in [0.1, 0.15) is 23.2 Å².